The van der Waals surface area contributed by atoms with Crippen molar-refractivity contribution in [1.82, 2.24) is 15.3 Å². The van der Waals surface area contributed by atoms with E-state index in [2.05, 4.69) is 43.1 Å². The zero-order chi connectivity index (χ0) is 18.9. The molecule has 1 heterocycles. The fourth-order valence-corrected chi connectivity index (χ4v) is 3.11. The highest BCUT2D eigenvalue weighted by Gasteiger charge is 2.06. The van der Waals surface area contributed by atoms with Gasteiger partial charge in [0.2, 0.25) is 5.91 Å². The third kappa shape index (κ3) is 6.24. The quantitative estimate of drug-likeness (QED) is 0.369. The Labute approximate surface area is 171 Å². The van der Waals surface area contributed by atoms with Crippen LogP contribution in [0.2, 0.25) is 0 Å². The molecule has 27 heavy (non-hydrogen) atoms. The third-order valence-electron chi connectivity index (χ3n) is 3.49. The van der Waals surface area contributed by atoms with Gasteiger partial charge in [-0.1, -0.05) is 69.9 Å². The number of thioether (sulfide) groups is 1. The molecule has 0 aliphatic rings. The van der Waals surface area contributed by atoms with Crippen molar-refractivity contribution < 1.29 is 4.79 Å². The van der Waals surface area contributed by atoms with E-state index in [0.717, 1.165) is 21.3 Å². The Hall–Kier alpha value is -2.62. The number of carbonyl (C=O) groups is 1. The molecular formula is C21H16BrN3OS. The van der Waals surface area contributed by atoms with E-state index in [9.17, 15) is 4.79 Å². The molecule has 134 valence electrons. The summed E-state index contributed by atoms with van der Waals surface area (Å²) in [5, 5.41) is 3.35. The van der Waals surface area contributed by atoms with Crippen molar-refractivity contribution in [3.8, 4) is 23.1 Å². The van der Waals surface area contributed by atoms with Gasteiger partial charge in [-0.2, -0.15) is 0 Å². The van der Waals surface area contributed by atoms with Gasteiger partial charge in [-0.3, -0.25) is 4.79 Å². The molecular weight excluding hydrogens is 422 g/mol. The van der Waals surface area contributed by atoms with Gasteiger partial charge in [0, 0.05) is 21.8 Å². The summed E-state index contributed by atoms with van der Waals surface area (Å²) in [7, 11) is 0. The Morgan fingerprint density at radius 3 is 2.63 bits per heavy atom. The number of amides is 1. The van der Waals surface area contributed by atoms with Gasteiger partial charge in [-0.15, -0.1) is 0 Å². The molecule has 0 aliphatic carbocycles. The molecule has 0 saturated heterocycles. The average Bonchev–Trinajstić information content (AvgIpc) is 2.71. The van der Waals surface area contributed by atoms with Crippen LogP contribution in [0.1, 0.15) is 5.56 Å². The van der Waals surface area contributed by atoms with Crippen molar-refractivity contribution >= 4 is 33.6 Å². The molecule has 3 rings (SSSR count). The number of aromatic nitrogens is 2. The Morgan fingerprint density at radius 1 is 1.07 bits per heavy atom. The number of benzene rings is 2. The summed E-state index contributed by atoms with van der Waals surface area (Å²) in [6.07, 6.45) is 1.70. The Bertz CT molecular complexity index is 966. The molecule has 0 fully saturated rings. The predicted octanol–water partition coefficient (Wildman–Crippen LogP) is 4.17. The summed E-state index contributed by atoms with van der Waals surface area (Å²) in [4.78, 5) is 20.7. The van der Waals surface area contributed by atoms with Gasteiger partial charge in [-0.25, -0.2) is 9.97 Å². The number of hydrogen-bond donors (Lipinski definition) is 1. The highest BCUT2D eigenvalue weighted by Crippen LogP contribution is 2.21. The van der Waals surface area contributed by atoms with E-state index in [1.54, 1.807) is 6.20 Å². The van der Waals surface area contributed by atoms with Gasteiger partial charge in [0.15, 0.2) is 5.16 Å². The highest BCUT2D eigenvalue weighted by atomic mass is 79.9. The van der Waals surface area contributed by atoms with E-state index in [1.807, 2.05) is 60.7 Å². The standard InChI is InChI=1S/C21H16BrN3OS/c22-18-10-8-17(9-11-18)19-12-14-24-21(25-19)27-15-20(26)23-13-4-7-16-5-2-1-3-6-16/h1-3,5-6,8-12,14H,13,15H2,(H,23,26). The van der Waals surface area contributed by atoms with Crippen LogP contribution in [0.25, 0.3) is 11.3 Å². The average molecular weight is 438 g/mol. The number of hydrogen-bond acceptors (Lipinski definition) is 4. The molecule has 0 atom stereocenters. The van der Waals surface area contributed by atoms with Crippen LogP contribution in [0.15, 0.2) is 76.5 Å². The monoisotopic (exact) mass is 437 g/mol. The molecule has 1 N–H and O–H groups in total. The van der Waals surface area contributed by atoms with Gasteiger partial charge in [0.25, 0.3) is 0 Å². The predicted molar refractivity (Wildman–Crippen MR) is 112 cm³/mol. The Kier molecular flexibility index (Phi) is 7.03. The van der Waals surface area contributed by atoms with E-state index in [0.29, 0.717) is 11.7 Å². The fourth-order valence-electron chi connectivity index (χ4n) is 2.18. The zero-order valence-corrected chi connectivity index (χ0v) is 16.8. The zero-order valence-electron chi connectivity index (χ0n) is 14.4. The summed E-state index contributed by atoms with van der Waals surface area (Å²) in [6.45, 7) is 0.314. The second-order valence-corrected chi connectivity index (χ2v) is 7.32. The van der Waals surface area contributed by atoms with Crippen LogP contribution >= 0.6 is 27.7 Å². The summed E-state index contributed by atoms with van der Waals surface area (Å²) in [5.41, 5.74) is 2.76. The second kappa shape index (κ2) is 9.91. The fraction of sp³-hybridized carbons (Fsp3) is 0.0952. The molecule has 6 heteroatoms. The lowest BCUT2D eigenvalue weighted by molar-refractivity contribution is -0.118. The van der Waals surface area contributed by atoms with Crippen molar-refractivity contribution in [1.29, 1.82) is 0 Å². The minimum absolute atomic E-state index is 0.0972. The number of nitrogens with zero attached hydrogens (tertiary/aromatic N) is 2. The maximum absolute atomic E-state index is 12.0. The van der Waals surface area contributed by atoms with Crippen LogP contribution in [0, 0.1) is 11.8 Å². The SMILES string of the molecule is O=C(CSc1nccc(-c2ccc(Br)cc2)n1)NCC#Cc1ccccc1. The van der Waals surface area contributed by atoms with Crippen molar-refractivity contribution in [2.45, 2.75) is 5.16 Å². The van der Waals surface area contributed by atoms with Crippen molar-refractivity contribution in [2.75, 3.05) is 12.3 Å². The topological polar surface area (TPSA) is 54.9 Å². The van der Waals surface area contributed by atoms with Gasteiger partial charge in [0.05, 0.1) is 18.0 Å². The molecule has 3 aromatic rings. The molecule has 0 unspecified atom stereocenters. The van der Waals surface area contributed by atoms with E-state index in [1.165, 1.54) is 11.8 Å². The van der Waals surface area contributed by atoms with Crippen LogP contribution < -0.4 is 5.32 Å². The molecule has 2 aromatic carbocycles. The lowest BCUT2D eigenvalue weighted by atomic mass is 10.1. The van der Waals surface area contributed by atoms with E-state index < -0.39 is 0 Å². The lowest BCUT2D eigenvalue weighted by Gasteiger charge is -2.04. The van der Waals surface area contributed by atoms with E-state index in [-0.39, 0.29) is 11.7 Å². The normalized spacial score (nSPS) is 9.96. The van der Waals surface area contributed by atoms with Gasteiger partial charge < -0.3 is 5.32 Å². The maximum Gasteiger partial charge on any atom is 0.231 e. The van der Waals surface area contributed by atoms with Crippen LogP contribution in [0.5, 0.6) is 0 Å². The van der Waals surface area contributed by atoms with Crippen LogP contribution in [0.3, 0.4) is 0 Å². The third-order valence-corrected chi connectivity index (χ3v) is 4.88. The lowest BCUT2D eigenvalue weighted by Crippen LogP contribution is -2.25. The van der Waals surface area contributed by atoms with Crippen molar-refractivity contribution in [2.24, 2.45) is 0 Å². The molecule has 4 nitrogen and oxygen atoms in total. The molecule has 0 radical (unpaired) electrons. The number of rotatable bonds is 5. The van der Waals surface area contributed by atoms with Gasteiger partial charge >= 0.3 is 0 Å². The van der Waals surface area contributed by atoms with E-state index >= 15 is 0 Å². The van der Waals surface area contributed by atoms with E-state index in [4.69, 9.17) is 0 Å². The number of halogens is 1. The van der Waals surface area contributed by atoms with Gasteiger partial charge in [0.1, 0.15) is 0 Å². The van der Waals surface area contributed by atoms with Crippen molar-refractivity contribution in [3.05, 3.63) is 76.9 Å². The van der Waals surface area contributed by atoms with Crippen LogP contribution in [-0.2, 0) is 4.79 Å². The summed E-state index contributed by atoms with van der Waals surface area (Å²) < 4.78 is 1.02. The van der Waals surface area contributed by atoms with Crippen LogP contribution in [0.4, 0.5) is 0 Å². The molecule has 0 spiro atoms. The first-order valence-corrected chi connectivity index (χ1v) is 10.0. The first-order chi connectivity index (χ1) is 13.2. The minimum Gasteiger partial charge on any atom is -0.344 e. The first-order valence-electron chi connectivity index (χ1n) is 8.23. The molecule has 1 amide bonds. The molecule has 1 aromatic heterocycles. The number of carbonyl (C=O) groups excluding carboxylic acids is 1. The highest BCUT2D eigenvalue weighted by molar-refractivity contribution is 9.10. The van der Waals surface area contributed by atoms with Crippen LogP contribution in [-0.4, -0.2) is 28.2 Å². The summed E-state index contributed by atoms with van der Waals surface area (Å²) in [5.74, 6) is 6.09. The molecule has 0 aliphatic heterocycles. The summed E-state index contributed by atoms with van der Waals surface area (Å²) >= 11 is 4.72. The largest absolute Gasteiger partial charge is 0.344 e. The summed E-state index contributed by atoms with van der Waals surface area (Å²) in [6, 6.07) is 19.4. The maximum atomic E-state index is 12.0. The second-order valence-electron chi connectivity index (χ2n) is 5.46. The van der Waals surface area contributed by atoms with Gasteiger partial charge in [-0.05, 0) is 30.3 Å². The Balaban J connectivity index is 1.50. The molecule has 0 saturated carbocycles. The smallest absolute Gasteiger partial charge is 0.231 e. The Morgan fingerprint density at radius 2 is 1.85 bits per heavy atom. The molecule has 0 bridgehead atoms. The number of nitrogens with one attached hydrogen (secondary N) is 1. The van der Waals surface area contributed by atoms with Crippen molar-refractivity contribution in [3.63, 3.8) is 0 Å². The minimum atomic E-state index is -0.0972. The first kappa shape index (κ1) is 19.2.